The van der Waals surface area contributed by atoms with Gasteiger partial charge in [0.05, 0.1) is 24.4 Å². The summed E-state index contributed by atoms with van der Waals surface area (Å²) < 4.78 is 16.9. The number of rotatable bonds is 6. The maximum absolute atomic E-state index is 13.3. The second kappa shape index (κ2) is 9.12. The number of methoxy groups -OCH3 is 1. The molecule has 0 unspecified atom stereocenters. The molecule has 4 rings (SSSR count). The molecule has 0 saturated carbocycles. The van der Waals surface area contributed by atoms with Gasteiger partial charge in [0.25, 0.3) is 5.91 Å². The smallest absolute Gasteiger partial charge is 0.414 e. The van der Waals surface area contributed by atoms with Crippen LogP contribution in [-0.4, -0.2) is 49.7 Å². The van der Waals surface area contributed by atoms with E-state index in [9.17, 15) is 9.59 Å². The molecule has 0 bridgehead atoms. The van der Waals surface area contributed by atoms with Gasteiger partial charge in [-0.05, 0) is 24.5 Å². The van der Waals surface area contributed by atoms with E-state index in [0.717, 1.165) is 18.4 Å². The highest BCUT2D eigenvalue weighted by molar-refractivity contribution is 6.05. The molecule has 1 fully saturated rings. The van der Waals surface area contributed by atoms with E-state index in [1.165, 1.54) is 18.1 Å². The molecular weight excluding hydrogens is 396 g/mol. The molecule has 0 aromatic heterocycles. The zero-order valence-corrected chi connectivity index (χ0v) is 17.6. The lowest BCUT2D eigenvalue weighted by atomic mass is 10.1. The summed E-state index contributed by atoms with van der Waals surface area (Å²) in [4.78, 5) is 29.5. The van der Waals surface area contributed by atoms with Crippen LogP contribution in [0, 0.1) is 0 Å². The molecule has 2 aliphatic rings. The van der Waals surface area contributed by atoms with Crippen LogP contribution >= 0.6 is 0 Å². The van der Waals surface area contributed by atoms with Gasteiger partial charge in [-0.15, -0.1) is 0 Å². The van der Waals surface area contributed by atoms with Crippen LogP contribution in [0.1, 0.15) is 28.8 Å². The molecule has 0 spiro atoms. The van der Waals surface area contributed by atoms with E-state index >= 15 is 0 Å². The van der Waals surface area contributed by atoms with E-state index in [-0.39, 0.29) is 18.6 Å². The summed E-state index contributed by atoms with van der Waals surface area (Å²) >= 11 is 0. The van der Waals surface area contributed by atoms with Crippen molar-refractivity contribution in [1.82, 2.24) is 4.90 Å². The highest BCUT2D eigenvalue weighted by atomic mass is 16.6. The minimum atomic E-state index is -0.512. The molecule has 2 aromatic rings. The largest absolute Gasteiger partial charge is 0.493 e. The molecule has 1 atom stereocenters. The Balaban J connectivity index is 1.73. The average Bonchev–Trinajstić information content (AvgIpc) is 3.23. The Kier molecular flexibility index (Phi) is 6.11. The van der Waals surface area contributed by atoms with Crippen molar-refractivity contribution in [3.05, 3.63) is 66.2 Å². The predicted molar refractivity (Wildman–Crippen MR) is 117 cm³/mol. The molecule has 162 valence electrons. The number of fused-ring (bicyclic) bond motifs is 2. The molecule has 2 heterocycles. The van der Waals surface area contributed by atoms with Crippen molar-refractivity contribution in [3.63, 3.8) is 0 Å². The van der Waals surface area contributed by atoms with Crippen LogP contribution in [-0.2, 0) is 11.3 Å². The lowest BCUT2D eigenvalue weighted by Crippen LogP contribution is -2.42. The van der Waals surface area contributed by atoms with Crippen LogP contribution in [0.3, 0.4) is 0 Å². The van der Waals surface area contributed by atoms with Crippen molar-refractivity contribution < 1.29 is 23.8 Å². The third-order valence-corrected chi connectivity index (χ3v) is 5.62. The summed E-state index contributed by atoms with van der Waals surface area (Å²) in [5.74, 6) is 0.797. The Morgan fingerprint density at radius 3 is 2.77 bits per heavy atom. The summed E-state index contributed by atoms with van der Waals surface area (Å²) in [6.07, 6.45) is 2.77. The van der Waals surface area contributed by atoms with E-state index in [2.05, 4.69) is 6.58 Å². The lowest BCUT2D eigenvalue weighted by molar-refractivity contribution is 0.0747. The molecule has 31 heavy (non-hydrogen) atoms. The predicted octanol–water partition coefficient (Wildman–Crippen LogP) is 4.02. The van der Waals surface area contributed by atoms with Gasteiger partial charge in [0.15, 0.2) is 11.5 Å². The summed E-state index contributed by atoms with van der Waals surface area (Å²) in [5.41, 5.74) is 1.87. The maximum atomic E-state index is 13.3. The fourth-order valence-electron chi connectivity index (χ4n) is 4.09. The SMILES string of the molecule is C=CCOC(=O)N1C[C@@H]2CCCN2C(=O)c2cc(OC)c(OCc3ccccc3)cc21. The summed E-state index contributed by atoms with van der Waals surface area (Å²) in [7, 11) is 1.53. The van der Waals surface area contributed by atoms with Gasteiger partial charge in [-0.2, -0.15) is 0 Å². The van der Waals surface area contributed by atoms with Gasteiger partial charge in [0, 0.05) is 19.2 Å². The number of benzene rings is 2. The first kappa shape index (κ1) is 20.8. The number of hydrogen-bond acceptors (Lipinski definition) is 5. The van der Waals surface area contributed by atoms with Gasteiger partial charge in [0.2, 0.25) is 0 Å². The van der Waals surface area contributed by atoms with E-state index in [1.54, 1.807) is 12.1 Å². The van der Waals surface area contributed by atoms with Gasteiger partial charge < -0.3 is 19.1 Å². The lowest BCUT2D eigenvalue weighted by Gasteiger charge is -2.25. The van der Waals surface area contributed by atoms with E-state index < -0.39 is 6.09 Å². The Labute approximate surface area is 181 Å². The summed E-state index contributed by atoms with van der Waals surface area (Å²) in [5, 5.41) is 0. The first-order chi connectivity index (χ1) is 15.1. The van der Waals surface area contributed by atoms with E-state index in [4.69, 9.17) is 14.2 Å². The molecular formula is C24H26N2O5. The number of anilines is 1. The van der Waals surface area contributed by atoms with Gasteiger partial charge in [0.1, 0.15) is 13.2 Å². The molecule has 0 N–H and O–H groups in total. The van der Waals surface area contributed by atoms with Crippen LogP contribution in [0.2, 0.25) is 0 Å². The summed E-state index contributed by atoms with van der Waals surface area (Å²) in [6.45, 7) is 5.08. The van der Waals surface area contributed by atoms with Crippen LogP contribution in [0.4, 0.5) is 10.5 Å². The minimum absolute atomic E-state index is 0.0455. The molecule has 7 nitrogen and oxygen atoms in total. The van der Waals surface area contributed by atoms with Crippen molar-refractivity contribution in [1.29, 1.82) is 0 Å². The number of nitrogens with zero attached hydrogens (tertiary/aromatic N) is 2. The second-order valence-electron chi connectivity index (χ2n) is 7.57. The molecule has 7 heteroatoms. The normalized spacial score (nSPS) is 17.5. The second-order valence-corrected chi connectivity index (χ2v) is 7.57. The minimum Gasteiger partial charge on any atom is -0.493 e. The maximum Gasteiger partial charge on any atom is 0.414 e. The van der Waals surface area contributed by atoms with Crippen molar-refractivity contribution in [2.75, 3.05) is 31.7 Å². The number of amides is 2. The highest BCUT2D eigenvalue weighted by Gasteiger charge is 2.39. The molecule has 0 radical (unpaired) electrons. The molecule has 0 aliphatic carbocycles. The molecule has 1 saturated heterocycles. The van der Waals surface area contributed by atoms with Gasteiger partial charge in [-0.25, -0.2) is 4.79 Å². The quantitative estimate of drug-likeness (QED) is 0.658. The third kappa shape index (κ3) is 4.21. The number of carbonyl (C=O) groups excluding carboxylic acids is 2. The van der Waals surface area contributed by atoms with Crippen LogP contribution in [0.5, 0.6) is 11.5 Å². The first-order valence-electron chi connectivity index (χ1n) is 10.4. The zero-order valence-electron chi connectivity index (χ0n) is 17.6. The van der Waals surface area contributed by atoms with E-state index in [0.29, 0.717) is 42.4 Å². The molecule has 2 aliphatic heterocycles. The number of ether oxygens (including phenoxy) is 3. The fraction of sp³-hybridized carbons (Fsp3) is 0.333. The summed E-state index contributed by atoms with van der Waals surface area (Å²) in [6, 6.07) is 13.1. The van der Waals surface area contributed by atoms with E-state index in [1.807, 2.05) is 35.2 Å². The van der Waals surface area contributed by atoms with Gasteiger partial charge in [-0.1, -0.05) is 43.0 Å². The van der Waals surface area contributed by atoms with Crippen molar-refractivity contribution in [2.45, 2.75) is 25.5 Å². The Morgan fingerprint density at radius 1 is 1.23 bits per heavy atom. The third-order valence-electron chi connectivity index (χ3n) is 5.62. The molecule has 2 aromatic carbocycles. The average molecular weight is 422 g/mol. The first-order valence-corrected chi connectivity index (χ1v) is 10.4. The standard InChI is InChI=1S/C24H26N2O5/c1-3-12-30-24(28)26-15-18-10-7-11-25(18)23(27)19-13-21(29-2)22(14-20(19)26)31-16-17-8-5-4-6-9-17/h3-6,8-9,13-14,18H,1,7,10-12,15-16H2,2H3/t18-/m0/s1. The number of carbonyl (C=O) groups is 2. The van der Waals surface area contributed by atoms with Crippen LogP contribution < -0.4 is 14.4 Å². The van der Waals surface area contributed by atoms with Crippen molar-refractivity contribution >= 4 is 17.7 Å². The van der Waals surface area contributed by atoms with Crippen molar-refractivity contribution in [3.8, 4) is 11.5 Å². The van der Waals surface area contributed by atoms with Crippen LogP contribution in [0.25, 0.3) is 0 Å². The fourth-order valence-corrected chi connectivity index (χ4v) is 4.09. The molecule has 2 amide bonds. The number of hydrogen-bond donors (Lipinski definition) is 0. The van der Waals surface area contributed by atoms with Gasteiger partial charge >= 0.3 is 6.09 Å². The highest BCUT2D eigenvalue weighted by Crippen LogP contribution is 2.40. The van der Waals surface area contributed by atoms with Crippen LogP contribution in [0.15, 0.2) is 55.1 Å². The van der Waals surface area contributed by atoms with Crippen molar-refractivity contribution in [2.24, 2.45) is 0 Å². The Hall–Kier alpha value is -3.48. The Morgan fingerprint density at radius 2 is 2.03 bits per heavy atom. The Bertz CT molecular complexity index is 975. The topological polar surface area (TPSA) is 68.3 Å². The van der Waals surface area contributed by atoms with Gasteiger partial charge in [-0.3, -0.25) is 9.69 Å². The monoisotopic (exact) mass is 422 g/mol. The zero-order chi connectivity index (χ0) is 21.8.